The second kappa shape index (κ2) is 7.98. The third-order valence-electron chi connectivity index (χ3n) is 4.43. The number of carbonyl (C=O) groups is 2. The first-order valence-electron chi connectivity index (χ1n) is 8.72. The fourth-order valence-electron chi connectivity index (χ4n) is 2.85. The van der Waals surface area contributed by atoms with E-state index in [-0.39, 0.29) is 11.6 Å². The molecule has 1 aliphatic rings. The Bertz CT molecular complexity index is 903. The van der Waals surface area contributed by atoms with E-state index >= 15 is 0 Å². The molecule has 154 valence electrons. The maximum atomic E-state index is 12.9. The van der Waals surface area contributed by atoms with Gasteiger partial charge in [-0.1, -0.05) is 48.2 Å². The van der Waals surface area contributed by atoms with E-state index in [2.05, 4.69) is 5.32 Å². The standard InChI is InChI=1S/C20H19F3N2O3S/c1-19(2,13-7-4-3-5-8-13)24-18(27)28-17-16(26)25(12-29-17)15-10-6-9-14(11-15)20(21,22)23/h3-11,17H,12H2,1-2H3,(H,24,27). The lowest BCUT2D eigenvalue weighted by Crippen LogP contribution is -2.43. The molecule has 0 spiro atoms. The first-order chi connectivity index (χ1) is 13.6. The highest BCUT2D eigenvalue weighted by Crippen LogP contribution is 2.35. The van der Waals surface area contributed by atoms with E-state index in [0.29, 0.717) is 0 Å². The number of carbonyl (C=O) groups excluding carboxylic acids is 2. The molecular weight excluding hydrogens is 405 g/mol. The fraction of sp³-hybridized carbons (Fsp3) is 0.300. The van der Waals surface area contributed by atoms with Crippen LogP contribution in [0.5, 0.6) is 0 Å². The number of benzene rings is 2. The molecule has 0 radical (unpaired) electrons. The summed E-state index contributed by atoms with van der Waals surface area (Å²) in [5.41, 5.74) is -1.75. The van der Waals surface area contributed by atoms with Crippen molar-refractivity contribution in [2.24, 2.45) is 0 Å². The van der Waals surface area contributed by atoms with Crippen LogP contribution in [0.15, 0.2) is 54.6 Å². The van der Waals surface area contributed by atoms with Crippen LogP contribution in [0.4, 0.5) is 23.7 Å². The minimum atomic E-state index is -4.51. The second-order valence-corrected chi connectivity index (χ2v) is 7.98. The summed E-state index contributed by atoms with van der Waals surface area (Å²) in [5.74, 6) is -0.498. The van der Waals surface area contributed by atoms with E-state index in [0.717, 1.165) is 29.5 Å². The van der Waals surface area contributed by atoms with Crippen LogP contribution in [-0.4, -0.2) is 23.3 Å². The number of rotatable bonds is 4. The minimum absolute atomic E-state index is 0.0835. The van der Waals surface area contributed by atoms with Gasteiger partial charge in [-0.05, 0) is 37.6 Å². The van der Waals surface area contributed by atoms with Gasteiger partial charge in [-0.25, -0.2) is 4.79 Å². The molecule has 2 amide bonds. The number of amides is 2. The van der Waals surface area contributed by atoms with Crippen LogP contribution < -0.4 is 10.2 Å². The van der Waals surface area contributed by atoms with Crippen molar-refractivity contribution in [1.82, 2.24) is 5.32 Å². The molecular formula is C20H19F3N2O3S. The average molecular weight is 424 g/mol. The highest BCUT2D eigenvalue weighted by Gasteiger charge is 2.38. The topological polar surface area (TPSA) is 58.6 Å². The number of hydrogen-bond acceptors (Lipinski definition) is 4. The van der Waals surface area contributed by atoms with Gasteiger partial charge in [-0.3, -0.25) is 9.69 Å². The molecule has 2 aromatic rings. The number of alkyl halides is 3. The molecule has 1 fully saturated rings. The third kappa shape index (κ3) is 4.84. The first kappa shape index (κ1) is 21.0. The molecule has 1 atom stereocenters. The van der Waals surface area contributed by atoms with E-state index in [1.807, 2.05) is 30.3 Å². The number of alkyl carbamates (subject to hydrolysis) is 1. The number of nitrogens with one attached hydrogen (secondary N) is 1. The zero-order chi connectivity index (χ0) is 21.2. The van der Waals surface area contributed by atoms with Crippen LogP contribution in [-0.2, 0) is 21.2 Å². The van der Waals surface area contributed by atoms with Crippen molar-refractivity contribution < 1.29 is 27.5 Å². The summed E-state index contributed by atoms with van der Waals surface area (Å²) in [5, 5.41) is 2.71. The number of halogens is 3. The molecule has 5 nitrogen and oxygen atoms in total. The van der Waals surface area contributed by atoms with Crippen molar-refractivity contribution in [3.05, 3.63) is 65.7 Å². The van der Waals surface area contributed by atoms with Gasteiger partial charge in [0.25, 0.3) is 5.91 Å². The Kier molecular flexibility index (Phi) is 5.79. The molecule has 2 aromatic carbocycles. The van der Waals surface area contributed by atoms with Crippen LogP contribution >= 0.6 is 11.8 Å². The Hall–Kier alpha value is -2.68. The van der Waals surface area contributed by atoms with Gasteiger partial charge in [0, 0.05) is 5.69 Å². The molecule has 1 unspecified atom stereocenters. The molecule has 1 heterocycles. The minimum Gasteiger partial charge on any atom is -0.425 e. The normalized spacial score (nSPS) is 17.3. The predicted molar refractivity (Wildman–Crippen MR) is 104 cm³/mol. The predicted octanol–water partition coefficient (Wildman–Crippen LogP) is 4.73. The molecule has 3 rings (SSSR count). The molecule has 29 heavy (non-hydrogen) atoms. The van der Waals surface area contributed by atoms with E-state index in [1.165, 1.54) is 17.0 Å². The van der Waals surface area contributed by atoms with Gasteiger partial charge in [0.15, 0.2) is 0 Å². The van der Waals surface area contributed by atoms with Crippen LogP contribution in [0.3, 0.4) is 0 Å². The second-order valence-electron chi connectivity index (χ2n) is 6.96. The van der Waals surface area contributed by atoms with Crippen LogP contribution in [0.2, 0.25) is 0 Å². The van der Waals surface area contributed by atoms with Gasteiger partial charge in [0.1, 0.15) is 0 Å². The molecule has 0 bridgehead atoms. The molecule has 0 saturated carbocycles. The summed E-state index contributed by atoms with van der Waals surface area (Å²) < 4.78 is 44.0. The maximum Gasteiger partial charge on any atom is 0.416 e. The summed E-state index contributed by atoms with van der Waals surface area (Å²) in [7, 11) is 0. The molecule has 1 saturated heterocycles. The number of thioether (sulfide) groups is 1. The zero-order valence-electron chi connectivity index (χ0n) is 15.7. The van der Waals surface area contributed by atoms with Crippen molar-refractivity contribution >= 4 is 29.4 Å². The number of ether oxygens (including phenoxy) is 1. The van der Waals surface area contributed by atoms with Crippen molar-refractivity contribution in [2.45, 2.75) is 31.0 Å². The van der Waals surface area contributed by atoms with E-state index in [9.17, 15) is 22.8 Å². The van der Waals surface area contributed by atoms with Gasteiger partial charge in [-0.15, -0.1) is 0 Å². The van der Waals surface area contributed by atoms with Crippen molar-refractivity contribution in [3.63, 3.8) is 0 Å². The Labute approximate surface area is 170 Å². The summed E-state index contributed by atoms with van der Waals surface area (Å²) in [6.07, 6.45) is -5.29. The molecule has 0 aromatic heterocycles. The summed E-state index contributed by atoms with van der Waals surface area (Å²) >= 11 is 1.03. The summed E-state index contributed by atoms with van der Waals surface area (Å²) in [6, 6.07) is 13.7. The lowest BCUT2D eigenvalue weighted by Gasteiger charge is -2.27. The zero-order valence-corrected chi connectivity index (χ0v) is 16.5. The Morgan fingerprint density at radius 3 is 2.41 bits per heavy atom. The fourth-order valence-corrected chi connectivity index (χ4v) is 3.84. The molecule has 1 N–H and O–H groups in total. The van der Waals surface area contributed by atoms with Gasteiger partial charge in [0.05, 0.1) is 17.0 Å². The highest BCUT2D eigenvalue weighted by atomic mass is 32.2. The molecule has 1 aliphatic heterocycles. The lowest BCUT2D eigenvalue weighted by molar-refractivity contribution is -0.137. The smallest absolute Gasteiger partial charge is 0.416 e. The average Bonchev–Trinajstić information content (AvgIpc) is 3.02. The van der Waals surface area contributed by atoms with Crippen LogP contribution in [0.25, 0.3) is 0 Å². The van der Waals surface area contributed by atoms with Gasteiger partial charge in [-0.2, -0.15) is 13.2 Å². The quantitative estimate of drug-likeness (QED) is 0.771. The third-order valence-corrected chi connectivity index (χ3v) is 5.44. The van der Waals surface area contributed by atoms with E-state index in [4.69, 9.17) is 4.74 Å². The summed E-state index contributed by atoms with van der Waals surface area (Å²) in [6.45, 7) is 3.59. The molecule has 0 aliphatic carbocycles. The van der Waals surface area contributed by atoms with Gasteiger partial charge >= 0.3 is 12.3 Å². The summed E-state index contributed by atoms with van der Waals surface area (Å²) in [4.78, 5) is 26.0. The molecule has 9 heteroatoms. The Morgan fingerprint density at radius 2 is 1.76 bits per heavy atom. The van der Waals surface area contributed by atoms with Crippen molar-refractivity contribution in [2.75, 3.05) is 10.8 Å². The SMILES string of the molecule is CC(C)(NC(=O)OC1SCN(c2cccc(C(F)(F)F)c2)C1=O)c1ccccc1. The Morgan fingerprint density at radius 1 is 1.10 bits per heavy atom. The highest BCUT2D eigenvalue weighted by molar-refractivity contribution is 8.01. The van der Waals surface area contributed by atoms with E-state index in [1.54, 1.807) is 13.8 Å². The largest absolute Gasteiger partial charge is 0.425 e. The monoisotopic (exact) mass is 424 g/mol. The Balaban J connectivity index is 1.65. The van der Waals surface area contributed by atoms with E-state index < -0.39 is 34.7 Å². The van der Waals surface area contributed by atoms with Crippen LogP contribution in [0, 0.1) is 0 Å². The maximum absolute atomic E-state index is 12.9. The van der Waals surface area contributed by atoms with Crippen LogP contribution in [0.1, 0.15) is 25.0 Å². The first-order valence-corrected chi connectivity index (χ1v) is 9.77. The van der Waals surface area contributed by atoms with Gasteiger partial charge in [0.2, 0.25) is 5.44 Å². The number of anilines is 1. The van der Waals surface area contributed by atoms with Gasteiger partial charge < -0.3 is 10.1 Å². The van der Waals surface area contributed by atoms with Crippen molar-refractivity contribution in [1.29, 1.82) is 0 Å². The van der Waals surface area contributed by atoms with Crippen molar-refractivity contribution in [3.8, 4) is 0 Å². The number of nitrogens with zero attached hydrogens (tertiary/aromatic N) is 1. The lowest BCUT2D eigenvalue weighted by atomic mass is 9.95. The number of hydrogen-bond donors (Lipinski definition) is 1.